The Morgan fingerprint density at radius 1 is 0.242 bits per heavy atom. The highest BCUT2D eigenvalue weighted by molar-refractivity contribution is 6.02. The van der Waals surface area contributed by atoms with Crippen LogP contribution in [0.3, 0.4) is 0 Å². The highest BCUT2D eigenvalue weighted by Gasteiger charge is 2.47. The van der Waals surface area contributed by atoms with E-state index in [2.05, 4.69) is 278 Å². The Labute approximate surface area is 387 Å². The van der Waals surface area contributed by atoms with Crippen LogP contribution in [0.5, 0.6) is 0 Å². The zero-order valence-electron chi connectivity index (χ0n) is 36.4. The minimum atomic E-state index is -0.542. The summed E-state index contributed by atoms with van der Waals surface area (Å²) in [4.78, 5) is 2.54. The Morgan fingerprint density at radius 3 is 1.26 bits per heavy atom. The Morgan fingerprint density at radius 2 is 0.636 bits per heavy atom. The van der Waals surface area contributed by atoms with Crippen LogP contribution in [0, 0.1) is 0 Å². The monoisotopic (exact) mass is 839 g/mol. The van der Waals surface area contributed by atoms with Crippen LogP contribution in [-0.2, 0) is 5.41 Å². The third-order valence-electron chi connectivity index (χ3n) is 13.6. The van der Waals surface area contributed by atoms with E-state index in [9.17, 15) is 0 Å². The van der Waals surface area contributed by atoms with Crippen molar-refractivity contribution >= 4 is 27.8 Å². The normalized spacial score (nSPS) is 12.4. The molecular weight excluding hydrogens is 795 g/mol. The summed E-state index contributed by atoms with van der Waals surface area (Å²) in [7, 11) is 0. The minimum Gasteiger partial charge on any atom is -0.309 e. The van der Waals surface area contributed by atoms with E-state index < -0.39 is 5.41 Å². The third kappa shape index (κ3) is 6.47. The molecule has 11 aromatic carbocycles. The Balaban J connectivity index is 1.10. The number of para-hydroxylation sites is 2. The fraction of sp³-hybridized carbons (Fsp3) is 0.0154. The number of hydrogen-bond donors (Lipinski definition) is 0. The second-order valence-electron chi connectivity index (χ2n) is 17.1. The number of rotatable bonds is 9. The number of anilines is 3. The highest BCUT2D eigenvalue weighted by atomic mass is 15.2. The second-order valence-corrected chi connectivity index (χ2v) is 17.1. The van der Waals surface area contributed by atoms with Gasteiger partial charge in [0.1, 0.15) is 0 Å². The van der Waals surface area contributed by atoms with E-state index in [0.717, 1.165) is 39.3 Å². The molecular formula is C65H45N. The lowest BCUT2D eigenvalue weighted by Crippen LogP contribution is -2.28. The Hall–Kier alpha value is -8.52. The number of hydrogen-bond acceptors (Lipinski definition) is 1. The summed E-state index contributed by atoms with van der Waals surface area (Å²) in [6.45, 7) is 0. The standard InChI is InChI=1S/C65H45N/c1-4-20-46(21-5-1)47-38-40-50(41-39-47)56-29-13-16-35-61(56)66(62-36-17-14-30-57(62)51-44-42-49(43-45-51)55-32-18-23-48-22-10-11-28-54(48)55)63-37-19-34-60-64(63)58-31-12-15-33-59(58)65(60,52-24-6-2-7-25-52)53-26-8-3-9-27-53/h1-45H. The SMILES string of the molecule is c1ccc(-c2ccc(-c3ccccc3N(c3ccccc3-c3ccc(-c4cccc5ccccc45)cc3)c3cccc4c3-c3ccccc3C4(c3ccccc3)c3ccccc3)cc2)cc1. The molecule has 310 valence electrons. The first-order chi connectivity index (χ1) is 32.8. The van der Waals surface area contributed by atoms with Crippen molar-refractivity contribution in [1.29, 1.82) is 0 Å². The second kappa shape index (κ2) is 16.6. The van der Waals surface area contributed by atoms with Gasteiger partial charge in [0, 0.05) is 16.7 Å². The van der Waals surface area contributed by atoms with Gasteiger partial charge >= 0.3 is 0 Å². The maximum absolute atomic E-state index is 2.54. The van der Waals surface area contributed by atoms with Crippen LogP contribution in [0.2, 0.25) is 0 Å². The lowest BCUT2D eigenvalue weighted by atomic mass is 9.68. The van der Waals surface area contributed by atoms with Crippen molar-refractivity contribution in [2.75, 3.05) is 4.90 Å². The molecule has 0 saturated heterocycles. The summed E-state index contributed by atoms with van der Waals surface area (Å²) < 4.78 is 0. The first kappa shape index (κ1) is 39.1. The van der Waals surface area contributed by atoms with Crippen LogP contribution in [0.1, 0.15) is 22.3 Å². The molecule has 12 rings (SSSR count). The zero-order valence-corrected chi connectivity index (χ0v) is 36.4. The predicted molar refractivity (Wildman–Crippen MR) is 278 cm³/mol. The van der Waals surface area contributed by atoms with Crippen LogP contribution in [0.25, 0.3) is 66.4 Å². The van der Waals surface area contributed by atoms with Crippen molar-refractivity contribution in [2.24, 2.45) is 0 Å². The molecule has 0 radical (unpaired) electrons. The summed E-state index contributed by atoms with van der Waals surface area (Å²) in [5.41, 5.74) is 19.8. The molecule has 0 spiro atoms. The Bertz CT molecular complexity index is 3460. The van der Waals surface area contributed by atoms with E-state index >= 15 is 0 Å². The van der Waals surface area contributed by atoms with Gasteiger partial charge in [0.05, 0.1) is 22.5 Å². The fourth-order valence-electron chi connectivity index (χ4n) is 10.7. The van der Waals surface area contributed by atoms with E-state index in [1.807, 2.05) is 0 Å². The number of benzene rings is 11. The quantitative estimate of drug-likeness (QED) is 0.140. The van der Waals surface area contributed by atoms with Gasteiger partial charge in [-0.1, -0.05) is 255 Å². The van der Waals surface area contributed by atoms with E-state index in [4.69, 9.17) is 0 Å². The third-order valence-corrected chi connectivity index (χ3v) is 13.6. The van der Waals surface area contributed by atoms with Gasteiger partial charge in [0.15, 0.2) is 0 Å². The van der Waals surface area contributed by atoms with Crippen molar-refractivity contribution in [3.05, 3.63) is 295 Å². The molecule has 0 aromatic heterocycles. The number of fused-ring (bicyclic) bond motifs is 4. The zero-order chi connectivity index (χ0) is 43.9. The van der Waals surface area contributed by atoms with E-state index in [-0.39, 0.29) is 0 Å². The highest BCUT2D eigenvalue weighted by Crippen LogP contribution is 2.60. The summed E-state index contributed by atoms with van der Waals surface area (Å²) in [6, 6.07) is 100. The Kier molecular flexibility index (Phi) is 9.81. The summed E-state index contributed by atoms with van der Waals surface area (Å²) in [5.74, 6) is 0. The first-order valence-electron chi connectivity index (χ1n) is 22.8. The van der Waals surface area contributed by atoms with E-state index in [1.54, 1.807) is 0 Å². The molecule has 1 aliphatic rings. The van der Waals surface area contributed by atoms with Crippen molar-refractivity contribution in [3.8, 4) is 55.6 Å². The molecule has 1 aliphatic carbocycles. The molecule has 1 nitrogen and oxygen atoms in total. The van der Waals surface area contributed by atoms with Gasteiger partial charge in [-0.05, 0) is 90.2 Å². The van der Waals surface area contributed by atoms with Gasteiger partial charge in [0.2, 0.25) is 0 Å². The number of nitrogens with zero attached hydrogens (tertiary/aromatic N) is 1. The molecule has 11 aromatic rings. The van der Waals surface area contributed by atoms with Crippen molar-refractivity contribution in [1.82, 2.24) is 0 Å². The molecule has 1 heteroatoms. The van der Waals surface area contributed by atoms with Crippen LogP contribution < -0.4 is 4.90 Å². The van der Waals surface area contributed by atoms with Gasteiger partial charge in [-0.15, -0.1) is 0 Å². The molecule has 0 unspecified atom stereocenters. The first-order valence-corrected chi connectivity index (χ1v) is 22.8. The van der Waals surface area contributed by atoms with Gasteiger partial charge < -0.3 is 4.90 Å². The maximum Gasteiger partial charge on any atom is 0.0714 e. The molecule has 66 heavy (non-hydrogen) atoms. The maximum atomic E-state index is 2.54. The smallest absolute Gasteiger partial charge is 0.0714 e. The average Bonchev–Trinajstić information content (AvgIpc) is 3.71. The van der Waals surface area contributed by atoms with Gasteiger partial charge in [-0.3, -0.25) is 0 Å². The minimum absolute atomic E-state index is 0.542. The van der Waals surface area contributed by atoms with Crippen LogP contribution >= 0.6 is 0 Å². The van der Waals surface area contributed by atoms with E-state index in [0.29, 0.717) is 0 Å². The van der Waals surface area contributed by atoms with E-state index in [1.165, 1.54) is 66.4 Å². The van der Waals surface area contributed by atoms with Crippen LogP contribution in [0.15, 0.2) is 273 Å². The predicted octanol–water partition coefficient (Wildman–Crippen LogP) is 17.3. The molecule has 0 fully saturated rings. The molecule has 0 heterocycles. The lowest BCUT2D eigenvalue weighted by molar-refractivity contribution is 0.768. The van der Waals surface area contributed by atoms with Crippen LogP contribution in [0.4, 0.5) is 17.1 Å². The summed E-state index contributed by atoms with van der Waals surface area (Å²) in [5, 5.41) is 2.50. The summed E-state index contributed by atoms with van der Waals surface area (Å²) >= 11 is 0. The molecule has 0 amide bonds. The van der Waals surface area contributed by atoms with Crippen molar-refractivity contribution < 1.29 is 0 Å². The van der Waals surface area contributed by atoms with Crippen molar-refractivity contribution in [3.63, 3.8) is 0 Å². The van der Waals surface area contributed by atoms with Crippen molar-refractivity contribution in [2.45, 2.75) is 5.41 Å². The molecule has 0 aliphatic heterocycles. The average molecular weight is 840 g/mol. The largest absolute Gasteiger partial charge is 0.309 e. The molecule has 0 atom stereocenters. The molecule has 0 N–H and O–H groups in total. The molecule has 0 bridgehead atoms. The fourth-order valence-corrected chi connectivity index (χ4v) is 10.7. The summed E-state index contributed by atoms with van der Waals surface area (Å²) in [6.07, 6.45) is 0. The lowest BCUT2D eigenvalue weighted by Gasteiger charge is -2.35. The van der Waals surface area contributed by atoms with Gasteiger partial charge in [0.25, 0.3) is 0 Å². The van der Waals surface area contributed by atoms with Gasteiger partial charge in [-0.25, -0.2) is 0 Å². The molecule has 0 saturated carbocycles. The van der Waals surface area contributed by atoms with Crippen LogP contribution in [-0.4, -0.2) is 0 Å². The topological polar surface area (TPSA) is 3.24 Å². The van der Waals surface area contributed by atoms with Gasteiger partial charge in [-0.2, -0.15) is 0 Å².